The molecule has 1 heterocycles. The summed E-state index contributed by atoms with van der Waals surface area (Å²) in [6, 6.07) is 4.07. The molecule has 1 saturated carbocycles. The first-order valence-electron chi connectivity index (χ1n) is 5.54. The van der Waals surface area contributed by atoms with Gasteiger partial charge in [0.15, 0.2) is 11.5 Å². The molecule has 1 atom stereocenters. The fourth-order valence-corrected chi connectivity index (χ4v) is 1.80. The topological polar surface area (TPSA) is 89.4 Å². The molecule has 5 nitrogen and oxygen atoms in total. The van der Waals surface area contributed by atoms with E-state index in [1.165, 1.54) is 0 Å². The Morgan fingerprint density at radius 1 is 1.53 bits per heavy atom. The molecule has 1 aromatic heterocycles. The summed E-state index contributed by atoms with van der Waals surface area (Å²) < 4.78 is 5.59. The molecule has 17 heavy (non-hydrogen) atoms. The maximum absolute atomic E-state index is 10.8. The minimum Gasteiger partial charge on any atom is -0.480 e. The molecule has 1 aromatic carbocycles. The van der Waals surface area contributed by atoms with Crippen LogP contribution in [0.4, 0.5) is 0 Å². The number of oxazole rings is 1. The Bertz CT molecular complexity index is 586. The Balaban J connectivity index is 2.02. The zero-order valence-electron chi connectivity index (χ0n) is 9.09. The number of carboxylic acid groups (broad SMARTS) is 1. The average Bonchev–Trinajstić information content (AvgIpc) is 3.07. The SMILES string of the molecule is NC(C(=O)O)c1ccc2oc(C3CC3)nc2c1. The molecular weight excluding hydrogens is 220 g/mol. The smallest absolute Gasteiger partial charge is 0.325 e. The van der Waals surface area contributed by atoms with Crippen LogP contribution in [0.1, 0.15) is 36.3 Å². The van der Waals surface area contributed by atoms with E-state index in [1.807, 2.05) is 0 Å². The summed E-state index contributed by atoms with van der Waals surface area (Å²) >= 11 is 0. The number of aliphatic carboxylic acids is 1. The fraction of sp³-hybridized carbons (Fsp3) is 0.333. The van der Waals surface area contributed by atoms with Crippen molar-refractivity contribution in [2.75, 3.05) is 0 Å². The number of carboxylic acids is 1. The molecule has 0 spiro atoms. The van der Waals surface area contributed by atoms with Gasteiger partial charge in [-0.1, -0.05) is 6.07 Å². The molecule has 3 rings (SSSR count). The van der Waals surface area contributed by atoms with Gasteiger partial charge in [0, 0.05) is 5.92 Å². The first kappa shape index (κ1) is 10.3. The predicted molar refractivity (Wildman–Crippen MR) is 60.5 cm³/mol. The highest BCUT2D eigenvalue weighted by Gasteiger charge is 2.29. The summed E-state index contributed by atoms with van der Waals surface area (Å²) in [6.07, 6.45) is 2.24. The molecule has 88 valence electrons. The molecule has 0 radical (unpaired) electrons. The normalized spacial score (nSPS) is 17.2. The van der Waals surface area contributed by atoms with Gasteiger partial charge in [-0.05, 0) is 30.5 Å². The summed E-state index contributed by atoms with van der Waals surface area (Å²) in [7, 11) is 0. The molecule has 2 aromatic rings. The van der Waals surface area contributed by atoms with Crippen molar-refractivity contribution in [3.8, 4) is 0 Å². The lowest BCUT2D eigenvalue weighted by molar-refractivity contribution is -0.138. The molecule has 1 fully saturated rings. The molecule has 0 aliphatic heterocycles. The van der Waals surface area contributed by atoms with E-state index in [9.17, 15) is 4.79 Å². The van der Waals surface area contributed by atoms with Crippen molar-refractivity contribution >= 4 is 17.1 Å². The van der Waals surface area contributed by atoms with Gasteiger partial charge in [-0.3, -0.25) is 4.79 Å². The Morgan fingerprint density at radius 3 is 2.94 bits per heavy atom. The van der Waals surface area contributed by atoms with E-state index in [1.54, 1.807) is 18.2 Å². The summed E-state index contributed by atoms with van der Waals surface area (Å²) in [5.74, 6) is 0.148. The summed E-state index contributed by atoms with van der Waals surface area (Å²) in [5, 5.41) is 8.84. The third-order valence-electron chi connectivity index (χ3n) is 2.98. The van der Waals surface area contributed by atoms with Crippen molar-refractivity contribution in [2.45, 2.75) is 24.8 Å². The van der Waals surface area contributed by atoms with E-state index >= 15 is 0 Å². The van der Waals surface area contributed by atoms with Crippen LogP contribution in [0.5, 0.6) is 0 Å². The van der Waals surface area contributed by atoms with Crippen LogP contribution in [0.25, 0.3) is 11.1 Å². The molecule has 1 aliphatic carbocycles. The Hall–Kier alpha value is -1.88. The lowest BCUT2D eigenvalue weighted by atomic mass is 10.1. The number of nitrogens with two attached hydrogens (primary N) is 1. The minimum atomic E-state index is -1.05. The zero-order chi connectivity index (χ0) is 12.0. The van der Waals surface area contributed by atoms with Crippen LogP contribution >= 0.6 is 0 Å². The lowest BCUT2D eigenvalue weighted by Crippen LogP contribution is -2.20. The Labute approximate surface area is 97.2 Å². The molecule has 3 N–H and O–H groups in total. The van der Waals surface area contributed by atoms with Gasteiger partial charge in [0.05, 0.1) is 0 Å². The maximum atomic E-state index is 10.8. The number of hydrogen-bond donors (Lipinski definition) is 2. The summed E-state index contributed by atoms with van der Waals surface area (Å²) in [4.78, 5) is 15.2. The van der Waals surface area contributed by atoms with Crippen LogP contribution in [-0.4, -0.2) is 16.1 Å². The van der Waals surface area contributed by atoms with Crippen molar-refractivity contribution in [2.24, 2.45) is 5.73 Å². The van der Waals surface area contributed by atoms with E-state index < -0.39 is 12.0 Å². The molecule has 0 amide bonds. The van der Waals surface area contributed by atoms with E-state index in [4.69, 9.17) is 15.3 Å². The quantitative estimate of drug-likeness (QED) is 0.842. The highest BCUT2D eigenvalue weighted by molar-refractivity contribution is 5.79. The van der Waals surface area contributed by atoms with Gasteiger partial charge in [0.25, 0.3) is 0 Å². The summed E-state index contributed by atoms with van der Waals surface area (Å²) in [5.41, 5.74) is 7.46. The lowest BCUT2D eigenvalue weighted by Gasteiger charge is -2.05. The highest BCUT2D eigenvalue weighted by Crippen LogP contribution is 2.40. The second-order valence-corrected chi connectivity index (χ2v) is 4.37. The third kappa shape index (κ3) is 1.78. The van der Waals surface area contributed by atoms with Gasteiger partial charge in [-0.15, -0.1) is 0 Å². The molecular formula is C12H12N2O3. The number of nitrogens with zero attached hydrogens (tertiary/aromatic N) is 1. The van der Waals surface area contributed by atoms with E-state index in [0.29, 0.717) is 22.6 Å². The van der Waals surface area contributed by atoms with E-state index in [2.05, 4.69) is 4.98 Å². The van der Waals surface area contributed by atoms with Gasteiger partial charge in [-0.2, -0.15) is 0 Å². The van der Waals surface area contributed by atoms with Crippen LogP contribution in [0.15, 0.2) is 22.6 Å². The number of fused-ring (bicyclic) bond motifs is 1. The fourth-order valence-electron chi connectivity index (χ4n) is 1.80. The average molecular weight is 232 g/mol. The van der Waals surface area contributed by atoms with Crippen LogP contribution < -0.4 is 5.73 Å². The molecule has 0 saturated heterocycles. The van der Waals surface area contributed by atoms with Crippen molar-refractivity contribution in [3.05, 3.63) is 29.7 Å². The third-order valence-corrected chi connectivity index (χ3v) is 2.98. The van der Waals surface area contributed by atoms with Crippen LogP contribution in [-0.2, 0) is 4.79 Å². The van der Waals surface area contributed by atoms with Crippen LogP contribution in [0.2, 0.25) is 0 Å². The van der Waals surface area contributed by atoms with Gasteiger partial charge < -0.3 is 15.3 Å². The van der Waals surface area contributed by atoms with Crippen LogP contribution in [0, 0.1) is 0 Å². The summed E-state index contributed by atoms with van der Waals surface area (Å²) in [6.45, 7) is 0. The number of aromatic nitrogens is 1. The van der Waals surface area contributed by atoms with Gasteiger partial charge in [0.2, 0.25) is 0 Å². The molecule has 1 aliphatic rings. The number of rotatable bonds is 3. The predicted octanol–water partition coefficient (Wildman–Crippen LogP) is 1.79. The van der Waals surface area contributed by atoms with Gasteiger partial charge in [0.1, 0.15) is 11.6 Å². The number of benzene rings is 1. The maximum Gasteiger partial charge on any atom is 0.325 e. The highest BCUT2D eigenvalue weighted by atomic mass is 16.4. The first-order chi connectivity index (χ1) is 8.15. The Kier molecular flexibility index (Phi) is 2.16. The second kappa shape index (κ2) is 3.56. The molecule has 1 unspecified atom stereocenters. The van der Waals surface area contributed by atoms with Gasteiger partial charge >= 0.3 is 5.97 Å². The second-order valence-electron chi connectivity index (χ2n) is 4.37. The number of carbonyl (C=O) groups is 1. The molecule has 5 heteroatoms. The Morgan fingerprint density at radius 2 is 2.29 bits per heavy atom. The van der Waals surface area contributed by atoms with Gasteiger partial charge in [-0.25, -0.2) is 4.98 Å². The van der Waals surface area contributed by atoms with Crippen molar-refractivity contribution < 1.29 is 14.3 Å². The zero-order valence-corrected chi connectivity index (χ0v) is 9.09. The number of hydrogen-bond acceptors (Lipinski definition) is 4. The largest absolute Gasteiger partial charge is 0.480 e. The molecule has 0 bridgehead atoms. The van der Waals surface area contributed by atoms with E-state index in [-0.39, 0.29) is 0 Å². The van der Waals surface area contributed by atoms with E-state index in [0.717, 1.165) is 18.7 Å². The van der Waals surface area contributed by atoms with Crippen LogP contribution in [0.3, 0.4) is 0 Å². The van der Waals surface area contributed by atoms with Crippen molar-refractivity contribution in [1.29, 1.82) is 0 Å². The first-order valence-corrected chi connectivity index (χ1v) is 5.54. The van der Waals surface area contributed by atoms with Crippen molar-refractivity contribution in [3.63, 3.8) is 0 Å². The van der Waals surface area contributed by atoms with Crippen molar-refractivity contribution in [1.82, 2.24) is 4.98 Å². The standard InChI is InChI=1S/C12H12N2O3/c13-10(12(15)16)7-3-4-9-8(5-7)14-11(17-9)6-1-2-6/h3-6,10H,1-2,13H2,(H,15,16). The minimum absolute atomic E-state index is 0.444. The monoisotopic (exact) mass is 232 g/mol.